The van der Waals surface area contributed by atoms with E-state index in [0.29, 0.717) is 16.8 Å². The second-order valence-electron chi connectivity index (χ2n) is 6.43. The lowest BCUT2D eigenvalue weighted by atomic mass is 9.98. The number of para-hydroxylation sites is 1. The summed E-state index contributed by atoms with van der Waals surface area (Å²) in [6.07, 6.45) is 0.256. The van der Waals surface area contributed by atoms with E-state index in [1.165, 1.54) is 12.7 Å². The number of rotatable bonds is 4. The zero-order chi connectivity index (χ0) is 19.6. The molecule has 1 aliphatic heterocycles. The number of halogens is 1. The molecule has 0 radical (unpaired) electrons. The summed E-state index contributed by atoms with van der Waals surface area (Å²) < 4.78 is 10.2. The average Bonchev–Trinajstić information content (AvgIpc) is 3.05. The van der Waals surface area contributed by atoms with Gasteiger partial charge in [0.1, 0.15) is 5.75 Å². The number of ether oxygens (including phenoxy) is 2. The number of carbonyl (C=O) groups is 2. The molecule has 2 aromatic rings. The van der Waals surface area contributed by atoms with Gasteiger partial charge >= 0.3 is 6.16 Å². The summed E-state index contributed by atoms with van der Waals surface area (Å²) in [4.78, 5) is 25.9. The Morgan fingerprint density at radius 2 is 2.04 bits per heavy atom. The van der Waals surface area contributed by atoms with Crippen LogP contribution in [0.4, 0.5) is 10.5 Å². The minimum atomic E-state index is -0.791. The summed E-state index contributed by atoms with van der Waals surface area (Å²) >= 11 is 3.47. The highest BCUT2D eigenvalue weighted by atomic mass is 79.9. The monoisotopic (exact) mass is 432 g/mol. The number of aryl methyl sites for hydroxylation is 1. The molecule has 0 aliphatic carbocycles. The molecular formula is C20H21BrN2O4. The van der Waals surface area contributed by atoms with Crippen molar-refractivity contribution in [1.29, 1.82) is 0 Å². The highest BCUT2D eigenvalue weighted by Crippen LogP contribution is 2.34. The SMILES string of the molecule is COC(=O)Oc1cc(C)c(C(N)CC(=O)N2CCc3ccccc32)c(Br)c1. The zero-order valence-corrected chi connectivity index (χ0v) is 16.8. The molecule has 2 aromatic carbocycles. The van der Waals surface area contributed by atoms with Crippen LogP contribution in [0.5, 0.6) is 5.75 Å². The van der Waals surface area contributed by atoms with Crippen molar-refractivity contribution in [1.82, 2.24) is 0 Å². The molecule has 1 heterocycles. The minimum absolute atomic E-state index is 0.00589. The number of carbonyl (C=O) groups excluding carboxylic acids is 2. The van der Waals surface area contributed by atoms with Gasteiger partial charge in [-0.25, -0.2) is 4.79 Å². The first-order chi connectivity index (χ1) is 12.9. The van der Waals surface area contributed by atoms with Crippen LogP contribution in [0.1, 0.15) is 29.2 Å². The quantitative estimate of drug-likeness (QED) is 0.585. The van der Waals surface area contributed by atoms with E-state index in [0.717, 1.165) is 23.2 Å². The summed E-state index contributed by atoms with van der Waals surface area (Å²) in [5.41, 5.74) is 10.1. The third kappa shape index (κ3) is 4.14. The molecule has 0 spiro atoms. The van der Waals surface area contributed by atoms with Crippen LogP contribution in [0.25, 0.3) is 0 Å². The van der Waals surface area contributed by atoms with Gasteiger partial charge in [-0.15, -0.1) is 0 Å². The number of hydrogen-bond donors (Lipinski definition) is 1. The van der Waals surface area contributed by atoms with Crippen molar-refractivity contribution in [3.8, 4) is 5.75 Å². The van der Waals surface area contributed by atoms with Crippen molar-refractivity contribution in [2.45, 2.75) is 25.8 Å². The highest BCUT2D eigenvalue weighted by molar-refractivity contribution is 9.10. The molecule has 1 aliphatic rings. The van der Waals surface area contributed by atoms with Gasteiger partial charge < -0.3 is 20.1 Å². The van der Waals surface area contributed by atoms with Gasteiger partial charge in [0, 0.05) is 29.2 Å². The van der Waals surface area contributed by atoms with Crippen LogP contribution in [-0.4, -0.2) is 25.7 Å². The van der Waals surface area contributed by atoms with Crippen molar-refractivity contribution in [2.75, 3.05) is 18.6 Å². The average molecular weight is 433 g/mol. The maximum Gasteiger partial charge on any atom is 0.513 e. The van der Waals surface area contributed by atoms with E-state index in [2.05, 4.69) is 20.7 Å². The normalized spacial score (nSPS) is 13.9. The number of fused-ring (bicyclic) bond motifs is 1. The standard InChI is InChI=1S/C20H21BrN2O4/c1-12-9-14(27-20(25)26-2)10-15(21)19(12)16(22)11-18(24)23-8-7-13-5-3-4-6-17(13)23/h3-6,9-10,16H,7-8,11,22H2,1-2H3. The predicted octanol–water partition coefficient (Wildman–Crippen LogP) is 3.88. The molecule has 0 fully saturated rings. The topological polar surface area (TPSA) is 81.9 Å². The first-order valence-corrected chi connectivity index (χ1v) is 9.39. The molecule has 7 heteroatoms. The predicted molar refractivity (Wildman–Crippen MR) is 106 cm³/mol. The Kier molecular flexibility index (Phi) is 5.82. The van der Waals surface area contributed by atoms with Crippen LogP contribution in [0.3, 0.4) is 0 Å². The number of methoxy groups -OCH3 is 1. The van der Waals surface area contributed by atoms with Crippen molar-refractivity contribution >= 4 is 33.7 Å². The van der Waals surface area contributed by atoms with Crippen molar-refractivity contribution in [2.24, 2.45) is 5.73 Å². The number of anilines is 1. The van der Waals surface area contributed by atoms with Crippen molar-refractivity contribution < 1.29 is 19.1 Å². The summed E-state index contributed by atoms with van der Waals surface area (Å²) in [6.45, 7) is 2.54. The van der Waals surface area contributed by atoms with Gasteiger partial charge in [0.05, 0.1) is 7.11 Å². The second-order valence-corrected chi connectivity index (χ2v) is 7.28. The van der Waals surface area contributed by atoms with E-state index in [9.17, 15) is 9.59 Å². The fourth-order valence-electron chi connectivity index (χ4n) is 3.39. The largest absolute Gasteiger partial charge is 0.513 e. The lowest BCUT2D eigenvalue weighted by Gasteiger charge is -2.22. The van der Waals surface area contributed by atoms with Crippen LogP contribution in [0, 0.1) is 6.92 Å². The van der Waals surface area contributed by atoms with E-state index >= 15 is 0 Å². The van der Waals surface area contributed by atoms with Gasteiger partial charge in [0.2, 0.25) is 5.91 Å². The minimum Gasteiger partial charge on any atom is -0.437 e. The maximum absolute atomic E-state index is 12.8. The molecule has 6 nitrogen and oxygen atoms in total. The van der Waals surface area contributed by atoms with E-state index in [-0.39, 0.29) is 12.3 Å². The summed E-state index contributed by atoms with van der Waals surface area (Å²) in [6, 6.07) is 10.8. The molecule has 3 rings (SSSR count). The van der Waals surface area contributed by atoms with Gasteiger partial charge in [-0.1, -0.05) is 34.1 Å². The smallest absolute Gasteiger partial charge is 0.437 e. The van der Waals surface area contributed by atoms with E-state index in [1.807, 2.05) is 31.2 Å². The molecule has 1 unspecified atom stereocenters. The van der Waals surface area contributed by atoms with E-state index < -0.39 is 12.2 Å². The molecule has 27 heavy (non-hydrogen) atoms. The Morgan fingerprint density at radius 3 is 2.74 bits per heavy atom. The van der Waals surface area contributed by atoms with Gasteiger partial charge in [-0.2, -0.15) is 0 Å². The van der Waals surface area contributed by atoms with Crippen LogP contribution in [0.2, 0.25) is 0 Å². The van der Waals surface area contributed by atoms with Crippen LogP contribution < -0.4 is 15.4 Å². The molecule has 0 bridgehead atoms. The molecule has 2 N–H and O–H groups in total. The third-order valence-corrected chi connectivity index (χ3v) is 5.29. The summed E-state index contributed by atoms with van der Waals surface area (Å²) in [5, 5.41) is 0. The van der Waals surface area contributed by atoms with Crippen molar-refractivity contribution in [3.63, 3.8) is 0 Å². The first kappa shape index (κ1) is 19.4. The molecule has 1 atom stereocenters. The molecular weight excluding hydrogens is 412 g/mol. The summed E-state index contributed by atoms with van der Waals surface area (Å²) in [5.74, 6) is 0.343. The van der Waals surface area contributed by atoms with Crippen LogP contribution in [0.15, 0.2) is 40.9 Å². The Morgan fingerprint density at radius 1 is 1.30 bits per heavy atom. The summed E-state index contributed by atoms with van der Waals surface area (Å²) in [7, 11) is 1.25. The number of nitrogens with zero attached hydrogens (tertiary/aromatic N) is 1. The third-order valence-electron chi connectivity index (χ3n) is 4.63. The Hall–Kier alpha value is -2.38. The molecule has 0 aromatic heterocycles. The number of nitrogens with two attached hydrogens (primary N) is 1. The van der Waals surface area contributed by atoms with E-state index in [1.54, 1.807) is 17.0 Å². The first-order valence-electron chi connectivity index (χ1n) is 8.60. The number of amides is 1. The molecule has 142 valence electrons. The van der Waals surface area contributed by atoms with Crippen molar-refractivity contribution in [3.05, 3.63) is 57.6 Å². The molecule has 0 saturated carbocycles. The van der Waals surface area contributed by atoms with Gasteiger partial charge in [0.25, 0.3) is 0 Å². The van der Waals surface area contributed by atoms with Gasteiger partial charge in [-0.05, 0) is 48.2 Å². The Bertz CT molecular complexity index is 861. The molecule has 0 saturated heterocycles. The van der Waals surface area contributed by atoms with Gasteiger partial charge in [-0.3, -0.25) is 4.79 Å². The Balaban J connectivity index is 1.75. The fraction of sp³-hybridized carbons (Fsp3) is 0.300. The van der Waals surface area contributed by atoms with Crippen LogP contribution in [-0.2, 0) is 16.0 Å². The fourth-order valence-corrected chi connectivity index (χ4v) is 4.22. The second kappa shape index (κ2) is 8.10. The van der Waals surface area contributed by atoms with E-state index in [4.69, 9.17) is 10.5 Å². The molecule has 1 amide bonds. The maximum atomic E-state index is 12.8. The van der Waals surface area contributed by atoms with Gasteiger partial charge in [0.15, 0.2) is 0 Å². The van der Waals surface area contributed by atoms with Crippen LogP contribution >= 0.6 is 15.9 Å². The number of benzene rings is 2. The number of hydrogen-bond acceptors (Lipinski definition) is 5. The Labute approximate surface area is 166 Å². The zero-order valence-electron chi connectivity index (χ0n) is 15.2. The lowest BCUT2D eigenvalue weighted by Crippen LogP contribution is -2.32. The highest BCUT2D eigenvalue weighted by Gasteiger charge is 2.27. The lowest BCUT2D eigenvalue weighted by molar-refractivity contribution is -0.118.